The van der Waals surface area contributed by atoms with Crippen LogP contribution in [-0.2, 0) is 0 Å². The second-order valence-corrected chi connectivity index (χ2v) is 6.36. The van der Waals surface area contributed by atoms with E-state index in [2.05, 4.69) is 67.3 Å². The zero-order valence-corrected chi connectivity index (χ0v) is 14.9. The lowest BCUT2D eigenvalue weighted by Crippen LogP contribution is -2.28. The van der Waals surface area contributed by atoms with Gasteiger partial charge in [-0.05, 0) is 44.5 Å². The standard InChI is InChI=1S/C21H28N2O/c1-3-14-22(15-4-2)16-9-17-24-23-20-12-7-5-10-18(20)19-11-6-8-13-21(19)23/h5-8,10-13H,3-4,9,14-17H2,1-2H3. The molecule has 0 N–H and O–H groups in total. The number of hydrogen-bond donors (Lipinski definition) is 0. The van der Waals surface area contributed by atoms with Gasteiger partial charge in [-0.1, -0.05) is 50.2 Å². The molecule has 0 bridgehead atoms. The molecule has 128 valence electrons. The van der Waals surface area contributed by atoms with Crippen LogP contribution in [0.5, 0.6) is 0 Å². The minimum Gasteiger partial charge on any atom is -0.413 e. The van der Waals surface area contributed by atoms with E-state index in [-0.39, 0.29) is 0 Å². The van der Waals surface area contributed by atoms with Crippen molar-refractivity contribution in [3.05, 3.63) is 48.5 Å². The number of para-hydroxylation sites is 2. The van der Waals surface area contributed by atoms with Crippen molar-refractivity contribution in [3.63, 3.8) is 0 Å². The Balaban J connectivity index is 1.70. The molecular weight excluding hydrogens is 296 g/mol. The van der Waals surface area contributed by atoms with Crippen molar-refractivity contribution in [3.8, 4) is 0 Å². The van der Waals surface area contributed by atoms with Crippen LogP contribution in [-0.4, -0.2) is 35.9 Å². The van der Waals surface area contributed by atoms with Crippen molar-refractivity contribution >= 4 is 21.8 Å². The molecule has 0 radical (unpaired) electrons. The molecule has 0 saturated heterocycles. The molecule has 3 aromatic rings. The fourth-order valence-electron chi connectivity index (χ4n) is 3.44. The van der Waals surface area contributed by atoms with Crippen molar-refractivity contribution in [2.75, 3.05) is 26.2 Å². The molecule has 0 saturated carbocycles. The zero-order chi connectivity index (χ0) is 16.8. The molecule has 0 aliphatic heterocycles. The summed E-state index contributed by atoms with van der Waals surface area (Å²) in [6, 6.07) is 16.9. The van der Waals surface area contributed by atoms with E-state index in [1.165, 1.54) is 36.7 Å². The summed E-state index contributed by atoms with van der Waals surface area (Å²) in [7, 11) is 0. The number of rotatable bonds is 9. The maximum absolute atomic E-state index is 6.17. The molecule has 3 rings (SSSR count). The van der Waals surface area contributed by atoms with Crippen LogP contribution in [0.25, 0.3) is 21.8 Å². The predicted molar refractivity (Wildman–Crippen MR) is 103 cm³/mol. The first-order valence-corrected chi connectivity index (χ1v) is 9.19. The molecular formula is C21H28N2O. The molecule has 0 spiro atoms. The van der Waals surface area contributed by atoms with E-state index >= 15 is 0 Å². The first-order valence-electron chi connectivity index (χ1n) is 9.19. The quantitative estimate of drug-likeness (QED) is 0.529. The Labute approximate surface area is 144 Å². The fourth-order valence-corrected chi connectivity index (χ4v) is 3.44. The molecule has 0 amide bonds. The smallest absolute Gasteiger partial charge is 0.116 e. The SMILES string of the molecule is CCCN(CCC)CCCOn1c2ccccc2c2ccccc21. The molecule has 0 unspecified atom stereocenters. The summed E-state index contributed by atoms with van der Waals surface area (Å²) >= 11 is 0. The van der Waals surface area contributed by atoms with E-state index in [9.17, 15) is 0 Å². The van der Waals surface area contributed by atoms with E-state index in [1.54, 1.807) is 0 Å². The van der Waals surface area contributed by atoms with Gasteiger partial charge in [-0.2, -0.15) is 4.73 Å². The molecule has 2 aromatic carbocycles. The number of benzene rings is 2. The highest BCUT2D eigenvalue weighted by atomic mass is 16.7. The van der Waals surface area contributed by atoms with Gasteiger partial charge in [0, 0.05) is 17.3 Å². The van der Waals surface area contributed by atoms with Gasteiger partial charge >= 0.3 is 0 Å². The highest BCUT2D eigenvalue weighted by molar-refractivity contribution is 6.07. The second-order valence-electron chi connectivity index (χ2n) is 6.36. The second kappa shape index (κ2) is 8.20. The van der Waals surface area contributed by atoms with Gasteiger partial charge in [0.1, 0.15) is 6.61 Å². The third-order valence-corrected chi connectivity index (χ3v) is 4.45. The summed E-state index contributed by atoms with van der Waals surface area (Å²) in [5.74, 6) is 0. The van der Waals surface area contributed by atoms with Crippen molar-refractivity contribution < 1.29 is 4.84 Å². The number of fused-ring (bicyclic) bond motifs is 3. The highest BCUT2D eigenvalue weighted by Gasteiger charge is 2.10. The normalized spacial score (nSPS) is 11.6. The van der Waals surface area contributed by atoms with Gasteiger partial charge in [0.15, 0.2) is 0 Å². The third kappa shape index (κ3) is 3.57. The lowest BCUT2D eigenvalue weighted by Gasteiger charge is -2.20. The van der Waals surface area contributed by atoms with Crippen LogP contribution < -0.4 is 4.84 Å². The monoisotopic (exact) mass is 324 g/mol. The van der Waals surface area contributed by atoms with Crippen LogP contribution in [0, 0.1) is 0 Å². The Kier molecular flexibility index (Phi) is 5.76. The molecule has 3 nitrogen and oxygen atoms in total. The summed E-state index contributed by atoms with van der Waals surface area (Å²) in [5.41, 5.74) is 2.30. The van der Waals surface area contributed by atoms with E-state index in [4.69, 9.17) is 4.84 Å². The summed E-state index contributed by atoms with van der Waals surface area (Å²) in [6.45, 7) is 8.71. The Morgan fingerprint density at radius 3 is 1.88 bits per heavy atom. The average molecular weight is 324 g/mol. The Bertz CT molecular complexity index is 718. The first-order chi connectivity index (χ1) is 11.8. The zero-order valence-electron chi connectivity index (χ0n) is 14.9. The van der Waals surface area contributed by atoms with Crippen LogP contribution in [0.4, 0.5) is 0 Å². The highest BCUT2D eigenvalue weighted by Crippen LogP contribution is 2.27. The molecule has 1 aromatic heterocycles. The topological polar surface area (TPSA) is 17.4 Å². The summed E-state index contributed by atoms with van der Waals surface area (Å²) in [6.07, 6.45) is 3.49. The van der Waals surface area contributed by atoms with Gasteiger partial charge in [-0.25, -0.2) is 0 Å². The van der Waals surface area contributed by atoms with Crippen LogP contribution in [0.1, 0.15) is 33.1 Å². The van der Waals surface area contributed by atoms with E-state index < -0.39 is 0 Å². The van der Waals surface area contributed by atoms with Gasteiger partial charge in [-0.15, -0.1) is 0 Å². The lowest BCUT2D eigenvalue weighted by atomic mass is 10.2. The molecule has 0 aliphatic carbocycles. The minimum absolute atomic E-state index is 0.743. The minimum atomic E-state index is 0.743. The summed E-state index contributed by atoms with van der Waals surface area (Å²) < 4.78 is 2.01. The largest absolute Gasteiger partial charge is 0.413 e. The van der Waals surface area contributed by atoms with Crippen LogP contribution >= 0.6 is 0 Å². The lowest BCUT2D eigenvalue weighted by molar-refractivity contribution is 0.116. The molecule has 1 heterocycles. The van der Waals surface area contributed by atoms with Crippen molar-refractivity contribution in [2.45, 2.75) is 33.1 Å². The fraction of sp³-hybridized carbons (Fsp3) is 0.429. The molecule has 0 aliphatic rings. The Hall–Kier alpha value is -2.00. The first kappa shape index (κ1) is 16.8. The third-order valence-electron chi connectivity index (χ3n) is 4.45. The molecule has 24 heavy (non-hydrogen) atoms. The van der Waals surface area contributed by atoms with Crippen molar-refractivity contribution in [1.82, 2.24) is 9.63 Å². The van der Waals surface area contributed by atoms with Gasteiger partial charge < -0.3 is 9.74 Å². The number of nitrogens with zero attached hydrogens (tertiary/aromatic N) is 2. The van der Waals surface area contributed by atoms with Gasteiger partial charge in [0.25, 0.3) is 0 Å². The predicted octanol–water partition coefficient (Wildman–Crippen LogP) is 4.74. The van der Waals surface area contributed by atoms with Crippen molar-refractivity contribution in [1.29, 1.82) is 0 Å². The van der Waals surface area contributed by atoms with Gasteiger partial charge in [0.2, 0.25) is 0 Å². The summed E-state index contributed by atoms with van der Waals surface area (Å²) in [4.78, 5) is 8.71. The van der Waals surface area contributed by atoms with Crippen LogP contribution in [0.3, 0.4) is 0 Å². The maximum Gasteiger partial charge on any atom is 0.116 e. The van der Waals surface area contributed by atoms with Gasteiger partial charge in [0.05, 0.1) is 11.0 Å². The number of hydrogen-bond acceptors (Lipinski definition) is 2. The van der Waals surface area contributed by atoms with Crippen molar-refractivity contribution in [2.24, 2.45) is 0 Å². The van der Waals surface area contributed by atoms with Crippen LogP contribution in [0.2, 0.25) is 0 Å². The van der Waals surface area contributed by atoms with Gasteiger partial charge in [-0.3, -0.25) is 0 Å². The molecule has 3 heteroatoms. The molecule has 0 atom stereocenters. The Morgan fingerprint density at radius 2 is 1.33 bits per heavy atom. The maximum atomic E-state index is 6.17. The Morgan fingerprint density at radius 1 is 0.792 bits per heavy atom. The summed E-state index contributed by atoms with van der Waals surface area (Å²) in [5, 5.41) is 2.51. The molecule has 0 fully saturated rings. The van der Waals surface area contributed by atoms with E-state index in [0.717, 1.165) is 30.6 Å². The number of aromatic nitrogens is 1. The van der Waals surface area contributed by atoms with Crippen LogP contribution in [0.15, 0.2) is 48.5 Å². The average Bonchev–Trinajstić information content (AvgIpc) is 2.93. The van der Waals surface area contributed by atoms with E-state index in [1.807, 2.05) is 4.73 Å². The van der Waals surface area contributed by atoms with E-state index in [0.29, 0.717) is 0 Å².